The minimum atomic E-state index is -0.366. The summed E-state index contributed by atoms with van der Waals surface area (Å²) in [5, 5.41) is 5.78. The number of nitrogens with one attached hydrogen (secondary N) is 2. The van der Waals surface area contributed by atoms with Crippen LogP contribution in [0.15, 0.2) is 0 Å². The van der Waals surface area contributed by atoms with Crippen LogP contribution in [-0.2, 0) is 9.59 Å². The monoisotopic (exact) mass is 216 g/mol. The van der Waals surface area contributed by atoms with E-state index in [1.165, 1.54) is 0 Å². The van der Waals surface area contributed by atoms with Crippen LogP contribution < -0.4 is 10.6 Å². The van der Waals surface area contributed by atoms with E-state index in [0.29, 0.717) is 0 Å². The lowest BCUT2D eigenvalue weighted by atomic mass is 10.1. The molecule has 1 amide bonds. The second-order valence-corrected chi connectivity index (χ2v) is 4.72. The fraction of sp³-hybridized carbons (Fsp3) is 0.778. The minimum Gasteiger partial charge on any atom is -0.345 e. The predicted molar refractivity (Wildman–Crippen MR) is 57.1 cm³/mol. The summed E-state index contributed by atoms with van der Waals surface area (Å²) < 4.78 is 0. The Morgan fingerprint density at radius 3 is 2.79 bits per heavy atom. The van der Waals surface area contributed by atoms with Gasteiger partial charge in [-0.1, -0.05) is 13.8 Å². The molecule has 2 atom stereocenters. The molecule has 0 bridgehead atoms. The summed E-state index contributed by atoms with van der Waals surface area (Å²) >= 11 is 1.69. The Morgan fingerprint density at radius 1 is 1.64 bits per heavy atom. The van der Waals surface area contributed by atoms with Crippen molar-refractivity contribution in [3.05, 3.63) is 0 Å². The Bertz CT molecular complexity index is 215. The summed E-state index contributed by atoms with van der Waals surface area (Å²) in [4.78, 5) is 22.2. The Hall–Kier alpha value is -0.550. The van der Waals surface area contributed by atoms with Crippen molar-refractivity contribution < 1.29 is 9.59 Å². The molecule has 0 saturated carbocycles. The summed E-state index contributed by atoms with van der Waals surface area (Å²) in [5.74, 6) is 1.67. The van der Waals surface area contributed by atoms with Crippen LogP contribution in [0.3, 0.4) is 0 Å². The third kappa shape index (κ3) is 2.99. The zero-order valence-electron chi connectivity index (χ0n) is 8.45. The van der Waals surface area contributed by atoms with Gasteiger partial charge in [-0.15, -0.1) is 11.8 Å². The van der Waals surface area contributed by atoms with E-state index in [1.807, 2.05) is 13.8 Å². The van der Waals surface area contributed by atoms with Gasteiger partial charge in [0.1, 0.15) is 6.29 Å². The number of hydrogen-bond donors (Lipinski definition) is 2. The molecule has 5 heteroatoms. The maximum Gasteiger partial charge on any atom is 0.238 e. The van der Waals surface area contributed by atoms with Crippen LogP contribution in [0.4, 0.5) is 0 Å². The van der Waals surface area contributed by atoms with Crippen molar-refractivity contribution in [2.24, 2.45) is 5.92 Å². The lowest BCUT2D eigenvalue weighted by molar-refractivity contribution is -0.125. The highest BCUT2D eigenvalue weighted by atomic mass is 32.2. The van der Waals surface area contributed by atoms with E-state index >= 15 is 0 Å². The molecule has 4 nitrogen and oxygen atoms in total. The molecule has 1 unspecified atom stereocenters. The summed E-state index contributed by atoms with van der Waals surface area (Å²) in [6, 6.07) is -0.504. The van der Waals surface area contributed by atoms with Crippen molar-refractivity contribution in [1.29, 1.82) is 0 Å². The van der Waals surface area contributed by atoms with E-state index in [-0.39, 0.29) is 23.9 Å². The Balaban J connectivity index is 2.41. The lowest BCUT2D eigenvalue weighted by Crippen LogP contribution is -2.48. The molecule has 1 saturated heterocycles. The van der Waals surface area contributed by atoms with Crippen LogP contribution in [0.2, 0.25) is 0 Å². The van der Waals surface area contributed by atoms with Crippen LogP contribution in [0, 0.1) is 5.92 Å². The number of hydrogen-bond acceptors (Lipinski definition) is 4. The van der Waals surface area contributed by atoms with Gasteiger partial charge in [0.2, 0.25) is 5.91 Å². The van der Waals surface area contributed by atoms with Gasteiger partial charge in [0.05, 0.1) is 12.1 Å². The molecule has 1 fully saturated rings. The quantitative estimate of drug-likeness (QED) is 0.649. The summed E-state index contributed by atoms with van der Waals surface area (Å²) in [7, 11) is 0. The maximum atomic E-state index is 11.6. The van der Waals surface area contributed by atoms with Crippen LogP contribution in [0.25, 0.3) is 0 Å². The third-order valence-electron chi connectivity index (χ3n) is 2.21. The van der Waals surface area contributed by atoms with Gasteiger partial charge < -0.3 is 10.1 Å². The van der Waals surface area contributed by atoms with Gasteiger partial charge in [-0.05, 0) is 5.92 Å². The molecule has 0 aliphatic carbocycles. The molecule has 0 aromatic rings. The average Bonchev–Trinajstić information content (AvgIpc) is 2.65. The van der Waals surface area contributed by atoms with Crippen molar-refractivity contribution in [2.75, 3.05) is 11.6 Å². The second-order valence-electron chi connectivity index (χ2n) is 3.69. The highest BCUT2D eigenvalue weighted by Gasteiger charge is 2.25. The van der Waals surface area contributed by atoms with Crippen LogP contribution in [0.5, 0.6) is 0 Å². The van der Waals surface area contributed by atoms with Crippen LogP contribution in [0.1, 0.15) is 13.8 Å². The molecule has 2 N–H and O–H groups in total. The van der Waals surface area contributed by atoms with Gasteiger partial charge >= 0.3 is 0 Å². The van der Waals surface area contributed by atoms with E-state index in [0.717, 1.165) is 17.9 Å². The molecule has 1 rings (SSSR count). The first-order valence-electron chi connectivity index (χ1n) is 4.72. The van der Waals surface area contributed by atoms with Gasteiger partial charge in [-0.3, -0.25) is 10.1 Å². The smallest absolute Gasteiger partial charge is 0.238 e. The van der Waals surface area contributed by atoms with E-state index in [4.69, 9.17) is 0 Å². The van der Waals surface area contributed by atoms with E-state index in [1.54, 1.807) is 11.8 Å². The normalized spacial score (nSPS) is 23.5. The molecule has 0 aromatic heterocycles. The maximum absolute atomic E-state index is 11.6. The molecular weight excluding hydrogens is 200 g/mol. The summed E-state index contributed by atoms with van der Waals surface area (Å²) in [6.07, 6.45) is 0.796. The zero-order chi connectivity index (χ0) is 10.6. The standard InChI is InChI=1S/C9H16N2O2S/c1-6(2)7(3-12)11-9(13)8-4-14-5-10-8/h3,6-8,10H,4-5H2,1-2H3,(H,11,13)/t7-,8?/m1/s1. The van der Waals surface area contributed by atoms with Crippen molar-refractivity contribution in [1.82, 2.24) is 10.6 Å². The average molecular weight is 216 g/mol. The number of carbonyl (C=O) groups excluding carboxylic acids is 2. The van der Waals surface area contributed by atoms with Gasteiger partial charge in [-0.2, -0.15) is 0 Å². The highest BCUT2D eigenvalue weighted by molar-refractivity contribution is 7.99. The van der Waals surface area contributed by atoms with E-state index < -0.39 is 0 Å². The fourth-order valence-electron chi connectivity index (χ4n) is 1.19. The number of rotatable bonds is 4. The lowest BCUT2D eigenvalue weighted by Gasteiger charge is -2.18. The van der Waals surface area contributed by atoms with Crippen molar-refractivity contribution >= 4 is 24.0 Å². The van der Waals surface area contributed by atoms with Crippen molar-refractivity contribution in [3.63, 3.8) is 0 Å². The molecule has 80 valence electrons. The first-order chi connectivity index (χ1) is 6.65. The summed E-state index contributed by atoms with van der Waals surface area (Å²) in [6.45, 7) is 3.83. The van der Waals surface area contributed by atoms with Gasteiger partial charge in [-0.25, -0.2) is 0 Å². The fourth-order valence-corrected chi connectivity index (χ4v) is 2.13. The topological polar surface area (TPSA) is 58.2 Å². The first-order valence-corrected chi connectivity index (χ1v) is 5.87. The predicted octanol–water partition coefficient (Wildman–Crippen LogP) is -0.0114. The van der Waals surface area contributed by atoms with E-state index in [2.05, 4.69) is 10.6 Å². The third-order valence-corrected chi connectivity index (χ3v) is 3.15. The molecule has 1 aliphatic heterocycles. The van der Waals surface area contributed by atoms with Crippen molar-refractivity contribution in [2.45, 2.75) is 25.9 Å². The second kappa shape index (κ2) is 5.36. The van der Waals surface area contributed by atoms with Gasteiger partial charge in [0.15, 0.2) is 0 Å². The largest absolute Gasteiger partial charge is 0.345 e. The first kappa shape index (κ1) is 11.5. The molecule has 0 spiro atoms. The molecule has 0 radical (unpaired) electrons. The van der Waals surface area contributed by atoms with Gasteiger partial charge in [0.25, 0.3) is 0 Å². The minimum absolute atomic E-state index is 0.0687. The number of thioether (sulfide) groups is 1. The summed E-state index contributed by atoms with van der Waals surface area (Å²) in [5.41, 5.74) is 0. The van der Waals surface area contributed by atoms with Crippen LogP contribution in [-0.4, -0.2) is 35.9 Å². The number of amides is 1. The van der Waals surface area contributed by atoms with E-state index in [9.17, 15) is 9.59 Å². The van der Waals surface area contributed by atoms with Gasteiger partial charge in [0, 0.05) is 11.6 Å². The number of carbonyl (C=O) groups is 2. The highest BCUT2D eigenvalue weighted by Crippen LogP contribution is 2.10. The molecule has 0 aromatic carbocycles. The molecule has 1 aliphatic rings. The zero-order valence-corrected chi connectivity index (χ0v) is 9.26. The molecule has 14 heavy (non-hydrogen) atoms. The molecule has 1 heterocycles. The SMILES string of the molecule is CC(C)[C@@H](C=O)NC(=O)C1CSCN1. The Morgan fingerprint density at radius 2 is 2.36 bits per heavy atom. The number of aldehydes is 1. The molecular formula is C9H16N2O2S. The Labute approximate surface area is 88.2 Å². The Kier molecular flexibility index (Phi) is 4.41. The van der Waals surface area contributed by atoms with Crippen LogP contribution >= 0.6 is 11.8 Å². The van der Waals surface area contributed by atoms with Crippen molar-refractivity contribution in [3.8, 4) is 0 Å².